The number of aliphatic hydroxyl groups excluding tert-OH is 3. The van der Waals surface area contributed by atoms with Crippen LogP contribution >= 0.6 is 0 Å². The molecule has 0 bridgehead atoms. The fraction of sp³-hybridized carbons (Fsp3) is 0.462. The zero-order valence-corrected chi connectivity index (χ0v) is 10.3. The monoisotopic (exact) mass is 268 g/mol. The summed E-state index contributed by atoms with van der Waals surface area (Å²) in [6.07, 6.45) is -6.15. The second-order valence-electron chi connectivity index (χ2n) is 4.45. The maximum Gasteiger partial charge on any atom is 0.338 e. The number of aliphatic hydroxyl groups is 3. The summed E-state index contributed by atoms with van der Waals surface area (Å²) in [5.41, 5.74) is 0.336. The van der Waals surface area contributed by atoms with Gasteiger partial charge in [0.1, 0.15) is 12.2 Å². The summed E-state index contributed by atoms with van der Waals surface area (Å²) in [6.45, 7) is 1.54. The highest BCUT2D eigenvalue weighted by Gasteiger charge is 2.44. The van der Waals surface area contributed by atoms with Crippen LogP contribution < -0.4 is 0 Å². The number of benzene rings is 1. The second kappa shape index (κ2) is 5.66. The van der Waals surface area contributed by atoms with E-state index >= 15 is 0 Å². The highest BCUT2D eigenvalue weighted by molar-refractivity contribution is 5.89. The molecular formula is C13H16O6. The fourth-order valence-corrected chi connectivity index (χ4v) is 1.95. The van der Waals surface area contributed by atoms with Gasteiger partial charge >= 0.3 is 5.97 Å². The van der Waals surface area contributed by atoms with Crippen LogP contribution in [0.5, 0.6) is 0 Å². The third-order valence-electron chi connectivity index (χ3n) is 3.05. The van der Waals surface area contributed by atoms with Crippen molar-refractivity contribution in [3.05, 3.63) is 35.9 Å². The molecule has 1 aliphatic rings. The zero-order chi connectivity index (χ0) is 14.0. The molecule has 1 aliphatic heterocycles. The lowest BCUT2D eigenvalue weighted by molar-refractivity contribution is -0.277. The summed E-state index contributed by atoms with van der Waals surface area (Å²) < 4.78 is 10.1. The summed E-state index contributed by atoms with van der Waals surface area (Å²) in [4.78, 5) is 11.9. The molecule has 3 N–H and O–H groups in total. The zero-order valence-electron chi connectivity index (χ0n) is 10.3. The van der Waals surface area contributed by atoms with E-state index in [1.165, 1.54) is 0 Å². The normalized spacial score (nSPS) is 34.8. The van der Waals surface area contributed by atoms with Crippen LogP contribution in [0.4, 0.5) is 0 Å². The van der Waals surface area contributed by atoms with Crippen LogP contribution in [0.15, 0.2) is 30.3 Å². The van der Waals surface area contributed by atoms with Crippen molar-refractivity contribution in [2.75, 3.05) is 0 Å². The van der Waals surface area contributed by atoms with Crippen molar-refractivity contribution in [3.8, 4) is 0 Å². The average Bonchev–Trinajstić information content (AvgIpc) is 2.42. The van der Waals surface area contributed by atoms with Crippen LogP contribution in [-0.2, 0) is 9.47 Å². The first kappa shape index (κ1) is 14.0. The Balaban J connectivity index is 2.08. The molecule has 1 aromatic rings. The molecule has 0 unspecified atom stereocenters. The Morgan fingerprint density at radius 3 is 2.42 bits per heavy atom. The lowest BCUT2D eigenvalue weighted by atomic mass is 10.00. The summed E-state index contributed by atoms with van der Waals surface area (Å²) in [7, 11) is 0. The van der Waals surface area contributed by atoms with Gasteiger partial charge in [0.15, 0.2) is 12.4 Å². The lowest BCUT2D eigenvalue weighted by Crippen LogP contribution is -2.57. The van der Waals surface area contributed by atoms with Gasteiger partial charge < -0.3 is 24.8 Å². The quantitative estimate of drug-likeness (QED) is 0.636. The molecule has 19 heavy (non-hydrogen) atoms. The number of carbonyl (C=O) groups excluding carboxylic acids is 1. The van der Waals surface area contributed by atoms with Gasteiger partial charge in [-0.1, -0.05) is 18.2 Å². The number of hydrogen-bond acceptors (Lipinski definition) is 6. The van der Waals surface area contributed by atoms with Crippen LogP contribution in [-0.4, -0.2) is 52.0 Å². The summed E-state index contributed by atoms with van der Waals surface area (Å²) in [5, 5.41) is 28.6. The van der Waals surface area contributed by atoms with Crippen LogP contribution in [0.25, 0.3) is 0 Å². The molecule has 1 fully saturated rings. The highest BCUT2D eigenvalue weighted by atomic mass is 16.7. The molecule has 6 heteroatoms. The van der Waals surface area contributed by atoms with E-state index in [0.717, 1.165) is 0 Å². The first-order valence-electron chi connectivity index (χ1n) is 5.96. The maximum atomic E-state index is 11.9. The van der Waals surface area contributed by atoms with Crippen molar-refractivity contribution in [2.24, 2.45) is 0 Å². The van der Waals surface area contributed by atoms with E-state index in [4.69, 9.17) is 9.47 Å². The van der Waals surface area contributed by atoms with Crippen molar-refractivity contribution < 1.29 is 29.6 Å². The smallest absolute Gasteiger partial charge is 0.338 e. The third-order valence-corrected chi connectivity index (χ3v) is 3.05. The summed E-state index contributed by atoms with van der Waals surface area (Å²) in [5.74, 6) is -0.622. The minimum atomic E-state index is -1.51. The molecule has 0 aromatic heterocycles. The molecule has 1 heterocycles. The van der Waals surface area contributed by atoms with E-state index in [1.807, 2.05) is 0 Å². The Morgan fingerprint density at radius 2 is 1.79 bits per heavy atom. The predicted octanol–water partition coefficient (Wildman–Crippen LogP) is -0.329. The molecule has 0 saturated carbocycles. The largest absolute Gasteiger partial charge is 0.453 e. The molecule has 0 aliphatic carbocycles. The van der Waals surface area contributed by atoms with Crippen LogP contribution in [0.1, 0.15) is 17.3 Å². The van der Waals surface area contributed by atoms with Gasteiger partial charge in [-0.2, -0.15) is 0 Å². The molecule has 1 saturated heterocycles. The average molecular weight is 268 g/mol. The summed E-state index contributed by atoms with van der Waals surface area (Å²) >= 11 is 0. The molecule has 1 aromatic carbocycles. The highest BCUT2D eigenvalue weighted by Crippen LogP contribution is 2.23. The lowest BCUT2D eigenvalue weighted by Gasteiger charge is -2.38. The van der Waals surface area contributed by atoms with Gasteiger partial charge in [0.25, 0.3) is 0 Å². The number of rotatable bonds is 2. The molecule has 2 rings (SSSR count). The van der Waals surface area contributed by atoms with E-state index < -0.39 is 36.7 Å². The van der Waals surface area contributed by atoms with Gasteiger partial charge in [0.05, 0.1) is 11.7 Å². The van der Waals surface area contributed by atoms with Crippen molar-refractivity contribution in [2.45, 2.75) is 37.6 Å². The number of carbonyl (C=O) groups is 1. The Bertz CT molecular complexity index is 434. The Hall–Kier alpha value is -1.47. The Labute approximate surface area is 110 Å². The van der Waals surface area contributed by atoms with Crippen LogP contribution in [0.2, 0.25) is 0 Å². The van der Waals surface area contributed by atoms with Gasteiger partial charge in [-0.25, -0.2) is 4.79 Å². The molecule has 0 spiro atoms. The first-order valence-corrected chi connectivity index (χ1v) is 5.96. The van der Waals surface area contributed by atoms with Crippen molar-refractivity contribution in [3.63, 3.8) is 0 Å². The van der Waals surface area contributed by atoms with Gasteiger partial charge in [0, 0.05) is 0 Å². The molecule has 0 amide bonds. The van der Waals surface area contributed by atoms with Crippen molar-refractivity contribution >= 4 is 5.97 Å². The van der Waals surface area contributed by atoms with Gasteiger partial charge in [-0.05, 0) is 19.1 Å². The maximum absolute atomic E-state index is 11.9. The molecule has 0 radical (unpaired) electrons. The minimum Gasteiger partial charge on any atom is -0.453 e. The number of esters is 1. The Morgan fingerprint density at radius 1 is 1.16 bits per heavy atom. The second-order valence-corrected chi connectivity index (χ2v) is 4.45. The minimum absolute atomic E-state index is 0.336. The van der Waals surface area contributed by atoms with Gasteiger partial charge in [-0.3, -0.25) is 0 Å². The van der Waals surface area contributed by atoms with E-state index in [2.05, 4.69) is 0 Å². The number of hydrogen-bond donors (Lipinski definition) is 3. The van der Waals surface area contributed by atoms with Crippen molar-refractivity contribution in [1.29, 1.82) is 0 Å². The summed E-state index contributed by atoms with van der Waals surface area (Å²) in [6, 6.07) is 8.29. The molecule has 104 valence electrons. The first-order chi connectivity index (χ1) is 9.00. The third kappa shape index (κ3) is 2.93. The van der Waals surface area contributed by atoms with Crippen LogP contribution in [0, 0.1) is 0 Å². The van der Waals surface area contributed by atoms with E-state index in [0.29, 0.717) is 5.56 Å². The topological polar surface area (TPSA) is 96.2 Å². The Kier molecular flexibility index (Phi) is 4.16. The van der Waals surface area contributed by atoms with E-state index in [1.54, 1.807) is 37.3 Å². The van der Waals surface area contributed by atoms with E-state index in [-0.39, 0.29) is 0 Å². The van der Waals surface area contributed by atoms with Crippen LogP contribution in [0.3, 0.4) is 0 Å². The molecular weight excluding hydrogens is 252 g/mol. The van der Waals surface area contributed by atoms with E-state index in [9.17, 15) is 20.1 Å². The number of ether oxygens (including phenoxy) is 2. The molecule has 5 atom stereocenters. The predicted molar refractivity (Wildman–Crippen MR) is 64.2 cm³/mol. The van der Waals surface area contributed by atoms with Gasteiger partial charge in [0.2, 0.25) is 0 Å². The SMILES string of the molecule is C[C@@H]1O[C@H](O)[C@H](O)[C@H](O)[C@H]1OC(=O)c1ccccc1. The van der Waals surface area contributed by atoms with Gasteiger partial charge in [-0.15, -0.1) is 0 Å². The fourth-order valence-electron chi connectivity index (χ4n) is 1.95. The standard InChI is InChI=1S/C13H16O6/c1-7-11(9(14)10(15)13(17)18-7)19-12(16)8-5-3-2-4-6-8/h2-7,9-11,13-15,17H,1H3/t7-,9-,10+,11-,13-/m0/s1. The van der Waals surface area contributed by atoms with Crippen molar-refractivity contribution in [1.82, 2.24) is 0 Å². The molecule has 6 nitrogen and oxygen atoms in total.